The highest BCUT2D eigenvalue weighted by atomic mass is 16.5. The number of aliphatic hydroxyl groups is 2. The van der Waals surface area contributed by atoms with Crippen molar-refractivity contribution in [1.29, 1.82) is 0 Å². The average Bonchev–Trinajstić information content (AvgIpc) is 2.37. The lowest BCUT2D eigenvalue weighted by molar-refractivity contribution is -0.160. The van der Waals surface area contributed by atoms with E-state index in [0.717, 1.165) is 32.1 Å². The number of unbranched alkanes of at least 4 members (excludes halogenated alkanes) is 1. The maximum Gasteiger partial charge on any atom is 0.312 e. The van der Waals surface area contributed by atoms with Gasteiger partial charge >= 0.3 is 5.97 Å². The molecule has 4 nitrogen and oxygen atoms in total. The molecule has 1 atom stereocenters. The second kappa shape index (κ2) is 8.48. The number of ether oxygens (including phenoxy) is 1. The van der Waals surface area contributed by atoms with Crippen LogP contribution in [-0.2, 0) is 9.53 Å². The molecule has 0 aliphatic heterocycles. The Labute approximate surface area is 104 Å². The molecule has 102 valence electrons. The Morgan fingerprint density at radius 2 is 1.88 bits per heavy atom. The van der Waals surface area contributed by atoms with Crippen molar-refractivity contribution in [2.24, 2.45) is 5.41 Å². The Bertz CT molecular complexity index is 211. The second-order valence-electron chi connectivity index (χ2n) is 4.53. The van der Waals surface area contributed by atoms with Gasteiger partial charge in [0.25, 0.3) is 0 Å². The molecule has 0 saturated heterocycles. The molecule has 1 unspecified atom stereocenters. The van der Waals surface area contributed by atoms with Gasteiger partial charge in [0.15, 0.2) is 0 Å². The number of hydrogen-bond acceptors (Lipinski definition) is 4. The smallest absolute Gasteiger partial charge is 0.312 e. The standard InChI is InChI=1S/C13H26O4/c1-4-7-8-13(5-2,6-3)12(16)17-10-11(15)9-14/h11,14-15H,4-10H2,1-3H3. The molecular formula is C13H26O4. The summed E-state index contributed by atoms with van der Waals surface area (Å²) >= 11 is 0. The van der Waals surface area contributed by atoms with Gasteiger partial charge in [-0.3, -0.25) is 4.79 Å². The number of hydrogen-bond donors (Lipinski definition) is 2. The molecule has 0 bridgehead atoms. The van der Waals surface area contributed by atoms with E-state index >= 15 is 0 Å². The molecule has 0 aliphatic rings. The van der Waals surface area contributed by atoms with Gasteiger partial charge in [0.05, 0.1) is 12.0 Å². The fourth-order valence-electron chi connectivity index (χ4n) is 1.89. The van der Waals surface area contributed by atoms with E-state index in [1.807, 2.05) is 13.8 Å². The van der Waals surface area contributed by atoms with Crippen LogP contribution in [0, 0.1) is 5.41 Å². The molecule has 0 radical (unpaired) electrons. The molecule has 4 heteroatoms. The SMILES string of the molecule is CCCCC(CC)(CC)C(=O)OCC(O)CO. The maximum atomic E-state index is 12.0. The summed E-state index contributed by atoms with van der Waals surface area (Å²) in [5.74, 6) is -0.247. The van der Waals surface area contributed by atoms with Crippen LogP contribution in [0.1, 0.15) is 52.9 Å². The summed E-state index contributed by atoms with van der Waals surface area (Å²) in [5, 5.41) is 17.8. The maximum absolute atomic E-state index is 12.0. The number of rotatable bonds is 9. The Kier molecular flexibility index (Phi) is 8.17. The quantitative estimate of drug-likeness (QED) is 0.610. The van der Waals surface area contributed by atoms with E-state index in [9.17, 15) is 4.79 Å². The third-order valence-electron chi connectivity index (χ3n) is 3.41. The molecule has 0 aromatic carbocycles. The molecule has 0 aromatic heterocycles. The number of carbonyl (C=O) groups excluding carboxylic acids is 1. The monoisotopic (exact) mass is 246 g/mol. The lowest BCUT2D eigenvalue weighted by Crippen LogP contribution is -2.34. The van der Waals surface area contributed by atoms with E-state index in [2.05, 4.69) is 6.92 Å². The van der Waals surface area contributed by atoms with Crippen molar-refractivity contribution in [3.8, 4) is 0 Å². The summed E-state index contributed by atoms with van der Waals surface area (Å²) in [6, 6.07) is 0. The summed E-state index contributed by atoms with van der Waals surface area (Å²) in [5.41, 5.74) is -0.425. The minimum absolute atomic E-state index is 0.122. The Hall–Kier alpha value is -0.610. The fourth-order valence-corrected chi connectivity index (χ4v) is 1.89. The summed E-state index contributed by atoms with van der Waals surface area (Å²) in [6.45, 7) is 5.57. The van der Waals surface area contributed by atoms with E-state index in [-0.39, 0.29) is 19.2 Å². The van der Waals surface area contributed by atoms with E-state index in [1.54, 1.807) is 0 Å². The predicted octanol–water partition coefficient (Wildman–Crippen LogP) is 1.88. The first-order valence-corrected chi connectivity index (χ1v) is 6.52. The average molecular weight is 246 g/mol. The predicted molar refractivity (Wildman–Crippen MR) is 66.6 cm³/mol. The first-order chi connectivity index (χ1) is 8.06. The molecule has 17 heavy (non-hydrogen) atoms. The van der Waals surface area contributed by atoms with Crippen molar-refractivity contribution in [1.82, 2.24) is 0 Å². The zero-order valence-corrected chi connectivity index (χ0v) is 11.2. The van der Waals surface area contributed by atoms with Gasteiger partial charge in [0, 0.05) is 0 Å². The topological polar surface area (TPSA) is 66.8 Å². The minimum Gasteiger partial charge on any atom is -0.462 e. The van der Waals surface area contributed by atoms with Gasteiger partial charge in [0.2, 0.25) is 0 Å². The third kappa shape index (κ3) is 5.04. The molecular weight excluding hydrogens is 220 g/mol. The second-order valence-corrected chi connectivity index (χ2v) is 4.53. The Balaban J connectivity index is 4.41. The zero-order valence-electron chi connectivity index (χ0n) is 11.2. The van der Waals surface area contributed by atoms with E-state index in [1.165, 1.54) is 0 Å². The largest absolute Gasteiger partial charge is 0.462 e. The zero-order chi connectivity index (χ0) is 13.3. The van der Waals surface area contributed by atoms with Crippen molar-refractivity contribution in [2.75, 3.05) is 13.2 Å². The molecule has 0 fully saturated rings. The van der Waals surface area contributed by atoms with Crippen LogP contribution in [0.3, 0.4) is 0 Å². The van der Waals surface area contributed by atoms with Crippen LogP contribution in [0.15, 0.2) is 0 Å². The molecule has 2 N–H and O–H groups in total. The molecule has 0 saturated carbocycles. The van der Waals surface area contributed by atoms with Gasteiger partial charge in [-0.2, -0.15) is 0 Å². The number of aliphatic hydroxyl groups excluding tert-OH is 2. The van der Waals surface area contributed by atoms with Gasteiger partial charge in [-0.05, 0) is 19.3 Å². The van der Waals surface area contributed by atoms with Crippen molar-refractivity contribution in [3.63, 3.8) is 0 Å². The van der Waals surface area contributed by atoms with Gasteiger partial charge in [-0.25, -0.2) is 0 Å². The van der Waals surface area contributed by atoms with Crippen molar-refractivity contribution < 1.29 is 19.7 Å². The highest BCUT2D eigenvalue weighted by molar-refractivity contribution is 5.76. The highest BCUT2D eigenvalue weighted by Gasteiger charge is 2.35. The van der Waals surface area contributed by atoms with E-state index in [4.69, 9.17) is 14.9 Å². The summed E-state index contributed by atoms with van der Waals surface area (Å²) in [4.78, 5) is 12.0. The van der Waals surface area contributed by atoms with Crippen LogP contribution >= 0.6 is 0 Å². The van der Waals surface area contributed by atoms with Crippen LogP contribution < -0.4 is 0 Å². The Morgan fingerprint density at radius 3 is 2.29 bits per heavy atom. The van der Waals surface area contributed by atoms with E-state index < -0.39 is 11.5 Å². The molecule has 0 spiro atoms. The minimum atomic E-state index is -0.975. The lowest BCUT2D eigenvalue weighted by atomic mass is 9.78. The fraction of sp³-hybridized carbons (Fsp3) is 0.923. The summed E-state index contributed by atoms with van der Waals surface area (Å²) < 4.78 is 5.09. The van der Waals surface area contributed by atoms with Crippen molar-refractivity contribution in [3.05, 3.63) is 0 Å². The normalized spacial score (nSPS) is 13.5. The van der Waals surface area contributed by atoms with Gasteiger partial charge < -0.3 is 14.9 Å². The van der Waals surface area contributed by atoms with Crippen molar-refractivity contribution >= 4 is 5.97 Å². The van der Waals surface area contributed by atoms with Crippen LogP contribution in [0.2, 0.25) is 0 Å². The van der Waals surface area contributed by atoms with Crippen LogP contribution in [0.5, 0.6) is 0 Å². The van der Waals surface area contributed by atoms with Gasteiger partial charge in [-0.1, -0.05) is 33.6 Å². The highest BCUT2D eigenvalue weighted by Crippen LogP contribution is 2.34. The first kappa shape index (κ1) is 16.4. The van der Waals surface area contributed by atoms with E-state index in [0.29, 0.717) is 0 Å². The molecule has 0 rings (SSSR count). The number of carbonyl (C=O) groups is 1. The summed E-state index contributed by atoms with van der Waals surface area (Å²) in [7, 11) is 0. The van der Waals surface area contributed by atoms with Crippen LogP contribution in [0.25, 0.3) is 0 Å². The molecule has 0 aromatic rings. The Morgan fingerprint density at radius 1 is 1.29 bits per heavy atom. The lowest BCUT2D eigenvalue weighted by Gasteiger charge is -2.29. The molecule has 0 amide bonds. The van der Waals surface area contributed by atoms with Gasteiger partial charge in [0.1, 0.15) is 12.7 Å². The summed E-state index contributed by atoms with van der Waals surface area (Å²) in [6.07, 6.45) is 3.39. The number of esters is 1. The molecule has 0 heterocycles. The van der Waals surface area contributed by atoms with Gasteiger partial charge in [-0.15, -0.1) is 0 Å². The molecule has 0 aliphatic carbocycles. The van der Waals surface area contributed by atoms with Crippen molar-refractivity contribution in [2.45, 2.75) is 59.0 Å². The third-order valence-corrected chi connectivity index (χ3v) is 3.41. The van der Waals surface area contributed by atoms with Crippen LogP contribution in [-0.4, -0.2) is 35.5 Å². The first-order valence-electron chi connectivity index (χ1n) is 6.52. The van der Waals surface area contributed by atoms with Crippen LogP contribution in [0.4, 0.5) is 0 Å².